The van der Waals surface area contributed by atoms with Gasteiger partial charge in [-0.15, -0.1) is 0 Å². The average Bonchev–Trinajstić information content (AvgIpc) is 3.06. The molecule has 4 heterocycles. The highest BCUT2D eigenvalue weighted by molar-refractivity contribution is 5.89. The van der Waals surface area contributed by atoms with Gasteiger partial charge >= 0.3 is 0 Å². The second-order valence-electron chi connectivity index (χ2n) is 7.54. The number of fused-ring (bicyclic) bond motifs is 1. The molecule has 2 N–H and O–H groups in total. The lowest BCUT2D eigenvalue weighted by Crippen LogP contribution is -2.51. The zero-order valence-electron chi connectivity index (χ0n) is 15.7. The van der Waals surface area contributed by atoms with Gasteiger partial charge in [-0.2, -0.15) is 5.10 Å². The van der Waals surface area contributed by atoms with E-state index in [4.69, 9.17) is 4.98 Å². The first-order valence-corrected chi connectivity index (χ1v) is 9.37. The fourth-order valence-electron chi connectivity index (χ4n) is 3.76. The van der Waals surface area contributed by atoms with Crippen molar-refractivity contribution < 1.29 is 0 Å². The van der Waals surface area contributed by atoms with E-state index in [2.05, 4.69) is 58.3 Å². The number of nitrogens with zero attached hydrogens (tertiary/aromatic N) is 4. The number of H-pyrrole nitrogens is 1. The highest BCUT2D eigenvalue weighted by Gasteiger charge is 2.23. The number of anilines is 1. The first-order valence-electron chi connectivity index (χ1n) is 9.37. The second kappa shape index (κ2) is 7.03. The van der Waals surface area contributed by atoms with E-state index >= 15 is 0 Å². The molecule has 6 heteroatoms. The molecular formula is C20H26N6. The Balaban J connectivity index is 1.66. The van der Waals surface area contributed by atoms with E-state index < -0.39 is 0 Å². The number of nitrogens with one attached hydrogen (secondary N) is 2. The third kappa shape index (κ3) is 3.29. The summed E-state index contributed by atoms with van der Waals surface area (Å²) in [5.74, 6) is 1.76. The van der Waals surface area contributed by atoms with Crippen LogP contribution in [-0.4, -0.2) is 45.8 Å². The first kappa shape index (κ1) is 17.0. The van der Waals surface area contributed by atoms with Crippen LogP contribution in [0.2, 0.25) is 0 Å². The van der Waals surface area contributed by atoms with E-state index in [1.54, 1.807) is 6.20 Å². The summed E-state index contributed by atoms with van der Waals surface area (Å²) in [6.45, 7) is 9.67. The van der Waals surface area contributed by atoms with Crippen molar-refractivity contribution in [3.05, 3.63) is 36.0 Å². The molecule has 26 heavy (non-hydrogen) atoms. The van der Waals surface area contributed by atoms with Gasteiger partial charge in [0, 0.05) is 37.3 Å². The smallest absolute Gasteiger partial charge is 0.155 e. The summed E-state index contributed by atoms with van der Waals surface area (Å²) >= 11 is 0. The highest BCUT2D eigenvalue weighted by atomic mass is 15.2. The van der Waals surface area contributed by atoms with Gasteiger partial charge in [-0.3, -0.25) is 5.10 Å². The lowest BCUT2D eigenvalue weighted by atomic mass is 10.0. The molecular weight excluding hydrogens is 324 g/mol. The number of aromatic nitrogens is 4. The average molecular weight is 350 g/mol. The topological polar surface area (TPSA) is 69.7 Å². The Kier molecular flexibility index (Phi) is 4.59. The monoisotopic (exact) mass is 350 g/mol. The van der Waals surface area contributed by atoms with E-state index in [1.165, 1.54) is 12.0 Å². The van der Waals surface area contributed by atoms with Crippen LogP contribution in [0.15, 0.2) is 30.5 Å². The number of piperazine rings is 1. The summed E-state index contributed by atoms with van der Waals surface area (Å²) in [7, 11) is 0. The van der Waals surface area contributed by atoms with Crippen LogP contribution in [0.1, 0.15) is 25.8 Å². The minimum absolute atomic E-state index is 0.518. The number of hydrogen-bond acceptors (Lipinski definition) is 5. The Morgan fingerprint density at radius 2 is 2.15 bits per heavy atom. The van der Waals surface area contributed by atoms with Crippen molar-refractivity contribution in [2.45, 2.75) is 33.2 Å². The largest absolute Gasteiger partial charge is 0.354 e. The summed E-state index contributed by atoms with van der Waals surface area (Å²) in [5, 5.41) is 12.1. The standard InChI is InChI=1S/C20H26N6/c1-13(2)11-15-12-26(10-9-21-15)20-14(3)6-7-17(23-20)18-16-5-4-8-22-19(16)25-24-18/h4-8,13,15,21H,9-12H2,1-3H3,(H,22,24,25)/t15-/m0/s1. The van der Waals surface area contributed by atoms with Crippen molar-refractivity contribution >= 4 is 16.9 Å². The van der Waals surface area contributed by atoms with Crippen LogP contribution in [0, 0.1) is 12.8 Å². The highest BCUT2D eigenvalue weighted by Crippen LogP contribution is 2.28. The fraction of sp³-hybridized carbons (Fsp3) is 0.450. The summed E-state index contributed by atoms with van der Waals surface area (Å²) in [4.78, 5) is 11.7. The molecule has 3 aromatic heterocycles. The van der Waals surface area contributed by atoms with Crippen molar-refractivity contribution in [2.75, 3.05) is 24.5 Å². The minimum atomic E-state index is 0.518. The van der Waals surface area contributed by atoms with Gasteiger partial charge in [0.25, 0.3) is 0 Å². The van der Waals surface area contributed by atoms with Gasteiger partial charge in [-0.25, -0.2) is 9.97 Å². The normalized spacial score (nSPS) is 18.0. The molecule has 1 saturated heterocycles. The predicted octanol–water partition coefficient (Wildman–Crippen LogP) is 3.15. The van der Waals surface area contributed by atoms with Crippen LogP contribution < -0.4 is 10.2 Å². The zero-order chi connectivity index (χ0) is 18.1. The Bertz CT molecular complexity index is 900. The van der Waals surface area contributed by atoms with Gasteiger partial charge in [0.05, 0.1) is 5.69 Å². The first-order chi connectivity index (χ1) is 12.6. The maximum absolute atomic E-state index is 4.99. The van der Waals surface area contributed by atoms with Gasteiger partial charge in [-0.1, -0.05) is 19.9 Å². The van der Waals surface area contributed by atoms with Crippen molar-refractivity contribution in [3.63, 3.8) is 0 Å². The van der Waals surface area contributed by atoms with E-state index in [1.807, 2.05) is 12.1 Å². The molecule has 0 saturated carbocycles. The van der Waals surface area contributed by atoms with Crippen LogP contribution in [-0.2, 0) is 0 Å². The van der Waals surface area contributed by atoms with E-state index in [9.17, 15) is 0 Å². The molecule has 136 valence electrons. The summed E-state index contributed by atoms with van der Waals surface area (Å²) in [6, 6.07) is 8.68. The molecule has 0 aliphatic carbocycles. The van der Waals surface area contributed by atoms with Crippen LogP contribution in [0.25, 0.3) is 22.4 Å². The Hall–Kier alpha value is -2.47. The maximum atomic E-state index is 4.99. The molecule has 1 fully saturated rings. The van der Waals surface area contributed by atoms with Crippen molar-refractivity contribution in [2.24, 2.45) is 5.92 Å². The molecule has 3 aromatic rings. The Morgan fingerprint density at radius 1 is 1.27 bits per heavy atom. The predicted molar refractivity (Wildman–Crippen MR) is 105 cm³/mol. The van der Waals surface area contributed by atoms with Crippen LogP contribution in [0.4, 0.5) is 5.82 Å². The van der Waals surface area contributed by atoms with Gasteiger partial charge in [0.15, 0.2) is 5.65 Å². The molecule has 0 aromatic carbocycles. The molecule has 1 atom stereocenters. The number of aromatic amines is 1. The van der Waals surface area contributed by atoms with Crippen LogP contribution >= 0.6 is 0 Å². The summed E-state index contributed by atoms with van der Waals surface area (Å²) < 4.78 is 0. The van der Waals surface area contributed by atoms with Gasteiger partial charge in [-0.05, 0) is 43.0 Å². The number of aryl methyl sites for hydroxylation is 1. The zero-order valence-corrected chi connectivity index (χ0v) is 15.7. The SMILES string of the molecule is Cc1ccc(-c2n[nH]c3ncccc23)nc1N1CCN[C@@H](CC(C)C)C1. The third-order valence-corrected chi connectivity index (χ3v) is 4.96. The van der Waals surface area contributed by atoms with Crippen molar-refractivity contribution in [1.29, 1.82) is 0 Å². The lowest BCUT2D eigenvalue weighted by Gasteiger charge is -2.36. The molecule has 0 unspecified atom stereocenters. The molecule has 4 rings (SSSR count). The second-order valence-corrected chi connectivity index (χ2v) is 7.54. The minimum Gasteiger partial charge on any atom is -0.354 e. The Morgan fingerprint density at radius 3 is 3.00 bits per heavy atom. The molecule has 0 bridgehead atoms. The molecule has 0 spiro atoms. The molecule has 6 nitrogen and oxygen atoms in total. The number of pyridine rings is 2. The van der Waals surface area contributed by atoms with Crippen LogP contribution in [0.3, 0.4) is 0 Å². The van der Waals surface area contributed by atoms with E-state index in [0.29, 0.717) is 12.0 Å². The summed E-state index contributed by atoms with van der Waals surface area (Å²) in [6.07, 6.45) is 2.96. The van der Waals surface area contributed by atoms with E-state index in [0.717, 1.165) is 47.9 Å². The summed E-state index contributed by atoms with van der Waals surface area (Å²) in [5.41, 5.74) is 3.76. The van der Waals surface area contributed by atoms with Gasteiger partial charge in [0.2, 0.25) is 0 Å². The van der Waals surface area contributed by atoms with Crippen LogP contribution in [0.5, 0.6) is 0 Å². The molecule has 1 aliphatic rings. The fourth-order valence-corrected chi connectivity index (χ4v) is 3.76. The number of hydrogen-bond donors (Lipinski definition) is 2. The van der Waals surface area contributed by atoms with Crippen molar-refractivity contribution in [1.82, 2.24) is 25.5 Å². The lowest BCUT2D eigenvalue weighted by molar-refractivity contribution is 0.387. The van der Waals surface area contributed by atoms with Gasteiger partial charge in [0.1, 0.15) is 11.5 Å². The van der Waals surface area contributed by atoms with E-state index in [-0.39, 0.29) is 0 Å². The molecule has 1 aliphatic heterocycles. The van der Waals surface area contributed by atoms with Gasteiger partial charge < -0.3 is 10.2 Å². The third-order valence-electron chi connectivity index (χ3n) is 4.96. The Labute approximate surface area is 154 Å². The maximum Gasteiger partial charge on any atom is 0.155 e. The molecule has 0 amide bonds. The molecule has 0 radical (unpaired) electrons. The van der Waals surface area contributed by atoms with Crippen molar-refractivity contribution in [3.8, 4) is 11.4 Å². The quantitative estimate of drug-likeness (QED) is 0.756. The number of rotatable bonds is 4.